The maximum absolute atomic E-state index is 8.48. The first-order chi connectivity index (χ1) is 19.8. The maximum Gasteiger partial charge on any atom is 0.0819 e. The zero-order valence-electron chi connectivity index (χ0n) is 26.7. The molecule has 0 saturated carbocycles. The summed E-state index contributed by atoms with van der Waals surface area (Å²) in [6.07, 6.45) is 41.4. The average Bonchev–Trinajstić information content (AvgIpc) is 2.96. The number of rotatable bonds is 29. The molecule has 0 spiro atoms. The van der Waals surface area contributed by atoms with Gasteiger partial charge in [-0.2, -0.15) is 0 Å². The fraction of sp³-hybridized carbons (Fsp3) is 0.889. The predicted molar refractivity (Wildman–Crippen MR) is 172 cm³/mol. The smallest absolute Gasteiger partial charge is 0.0819 e. The van der Waals surface area contributed by atoms with Gasteiger partial charge in [0.05, 0.1) is 13.2 Å². The molecule has 2 N–H and O–H groups in total. The van der Waals surface area contributed by atoms with Gasteiger partial charge in [-0.15, -0.1) is 0 Å². The zero-order chi connectivity index (χ0) is 28.9. The van der Waals surface area contributed by atoms with E-state index in [-0.39, 0.29) is 0 Å². The Morgan fingerprint density at radius 3 is 1.55 bits per heavy atom. The van der Waals surface area contributed by atoms with Crippen LogP contribution >= 0.6 is 0 Å². The zero-order valence-corrected chi connectivity index (χ0v) is 26.7. The minimum absolute atomic E-state index is 0.475. The van der Waals surface area contributed by atoms with E-state index in [2.05, 4.69) is 47.9 Å². The van der Waals surface area contributed by atoms with Crippen LogP contribution in [0.3, 0.4) is 0 Å². The van der Waals surface area contributed by atoms with E-state index < -0.39 is 0 Å². The van der Waals surface area contributed by atoms with Crippen LogP contribution in [0, 0.1) is 23.7 Å². The summed E-state index contributed by atoms with van der Waals surface area (Å²) in [7, 11) is 0. The highest BCUT2D eigenvalue weighted by Gasteiger charge is 2.33. The van der Waals surface area contributed by atoms with E-state index in [1.54, 1.807) is 0 Å². The van der Waals surface area contributed by atoms with Crippen LogP contribution in [-0.2, 0) is 9.78 Å². The Kier molecular flexibility index (Phi) is 26.6. The van der Waals surface area contributed by atoms with E-state index in [4.69, 9.17) is 10.5 Å². The summed E-state index contributed by atoms with van der Waals surface area (Å²) in [6.45, 7) is 5.58. The molecule has 1 aliphatic rings. The van der Waals surface area contributed by atoms with Gasteiger partial charge in [0.25, 0.3) is 0 Å². The second kappa shape index (κ2) is 28.4. The number of hydrogen-bond donors (Lipinski definition) is 2. The molecule has 4 heteroatoms. The van der Waals surface area contributed by atoms with Crippen molar-refractivity contribution in [1.82, 2.24) is 0 Å². The predicted octanol–water partition coefficient (Wildman–Crippen LogP) is 12.0. The lowest BCUT2D eigenvalue weighted by Crippen LogP contribution is -2.30. The molecule has 0 aromatic heterocycles. The quantitative estimate of drug-likeness (QED) is 0.0410. The summed E-state index contributed by atoms with van der Waals surface area (Å²) in [5.41, 5.74) is 0. The maximum atomic E-state index is 8.48. The van der Waals surface area contributed by atoms with E-state index in [1.807, 2.05) is 0 Å². The van der Waals surface area contributed by atoms with E-state index in [0.717, 1.165) is 49.4 Å². The standard InChI is InChI=1S/C36H68O4/c1-3-5-7-14-21-27-35-33(25-19-6-4-2)29-30-34(26-20-15-10-8-12-17-23-31-39-37)36(35)28-22-16-11-9-13-18-24-32-40-38/h21,27,29-30,33-38H,3-20,22-26,28,31-32H2,1-2H3. The summed E-state index contributed by atoms with van der Waals surface area (Å²) in [6, 6.07) is 0. The molecule has 4 unspecified atom stereocenters. The molecule has 0 bridgehead atoms. The highest BCUT2D eigenvalue weighted by atomic mass is 17.1. The minimum Gasteiger partial charge on any atom is -0.252 e. The van der Waals surface area contributed by atoms with E-state index in [0.29, 0.717) is 13.2 Å². The Balaban J connectivity index is 2.68. The Labute approximate surface area is 249 Å². The van der Waals surface area contributed by atoms with Crippen molar-refractivity contribution in [2.24, 2.45) is 23.7 Å². The normalized spacial score (nSPS) is 21.1. The van der Waals surface area contributed by atoms with Crippen molar-refractivity contribution in [2.75, 3.05) is 13.2 Å². The van der Waals surface area contributed by atoms with Crippen molar-refractivity contribution in [2.45, 2.75) is 168 Å². The summed E-state index contributed by atoms with van der Waals surface area (Å²) in [5, 5.41) is 16.9. The Morgan fingerprint density at radius 2 is 0.975 bits per heavy atom. The molecule has 0 aromatic carbocycles. The van der Waals surface area contributed by atoms with Gasteiger partial charge in [0, 0.05) is 0 Å². The van der Waals surface area contributed by atoms with Crippen molar-refractivity contribution < 1.29 is 20.3 Å². The molecule has 4 nitrogen and oxygen atoms in total. The third kappa shape index (κ3) is 19.4. The summed E-state index contributed by atoms with van der Waals surface area (Å²) < 4.78 is 0. The molecule has 0 saturated heterocycles. The lowest BCUT2D eigenvalue weighted by Gasteiger charge is -2.39. The van der Waals surface area contributed by atoms with Crippen molar-refractivity contribution in [3.63, 3.8) is 0 Å². The van der Waals surface area contributed by atoms with Crippen molar-refractivity contribution in [3.05, 3.63) is 24.3 Å². The van der Waals surface area contributed by atoms with Gasteiger partial charge in [0.2, 0.25) is 0 Å². The Bertz CT molecular complexity index is 575. The van der Waals surface area contributed by atoms with Crippen LogP contribution < -0.4 is 0 Å². The third-order valence-corrected chi connectivity index (χ3v) is 9.16. The second-order valence-electron chi connectivity index (χ2n) is 12.6. The molecule has 236 valence electrons. The fourth-order valence-corrected chi connectivity index (χ4v) is 6.71. The topological polar surface area (TPSA) is 58.9 Å². The molecule has 4 atom stereocenters. The molecule has 0 aliphatic heterocycles. The minimum atomic E-state index is 0.475. The van der Waals surface area contributed by atoms with Crippen LogP contribution in [0.5, 0.6) is 0 Å². The summed E-state index contributed by atoms with van der Waals surface area (Å²) in [5.74, 6) is 3.00. The van der Waals surface area contributed by atoms with Gasteiger partial charge in [-0.1, -0.05) is 147 Å². The fourth-order valence-electron chi connectivity index (χ4n) is 6.71. The molecule has 0 amide bonds. The van der Waals surface area contributed by atoms with Crippen molar-refractivity contribution in [1.29, 1.82) is 0 Å². The van der Waals surface area contributed by atoms with Crippen LogP contribution in [0.2, 0.25) is 0 Å². The molecule has 1 rings (SSSR count). The number of allylic oxidation sites excluding steroid dienone is 4. The third-order valence-electron chi connectivity index (χ3n) is 9.16. The first-order valence-corrected chi connectivity index (χ1v) is 17.7. The first kappa shape index (κ1) is 37.3. The molecular weight excluding hydrogens is 496 g/mol. The van der Waals surface area contributed by atoms with Gasteiger partial charge in [0.1, 0.15) is 0 Å². The van der Waals surface area contributed by atoms with Crippen LogP contribution in [0.1, 0.15) is 168 Å². The van der Waals surface area contributed by atoms with Gasteiger partial charge >= 0.3 is 0 Å². The average molecular weight is 565 g/mol. The molecule has 0 heterocycles. The van der Waals surface area contributed by atoms with Crippen LogP contribution in [0.4, 0.5) is 0 Å². The van der Waals surface area contributed by atoms with Crippen LogP contribution in [-0.4, -0.2) is 23.7 Å². The van der Waals surface area contributed by atoms with Gasteiger partial charge < -0.3 is 0 Å². The van der Waals surface area contributed by atoms with Gasteiger partial charge in [-0.3, -0.25) is 10.5 Å². The Morgan fingerprint density at radius 1 is 0.525 bits per heavy atom. The number of unbranched alkanes of at least 4 members (excludes halogenated alkanes) is 17. The Hall–Kier alpha value is -0.680. The van der Waals surface area contributed by atoms with Crippen molar-refractivity contribution in [3.8, 4) is 0 Å². The molecule has 0 radical (unpaired) electrons. The summed E-state index contributed by atoms with van der Waals surface area (Å²) in [4.78, 5) is 8.39. The van der Waals surface area contributed by atoms with E-state index >= 15 is 0 Å². The van der Waals surface area contributed by atoms with Gasteiger partial charge in [0.15, 0.2) is 0 Å². The lowest BCUT2D eigenvalue weighted by atomic mass is 9.66. The molecular formula is C36H68O4. The molecule has 0 aromatic rings. The van der Waals surface area contributed by atoms with Crippen molar-refractivity contribution >= 4 is 0 Å². The second-order valence-corrected chi connectivity index (χ2v) is 12.6. The van der Waals surface area contributed by atoms with Gasteiger partial charge in [-0.25, -0.2) is 9.78 Å². The molecule has 0 fully saturated rings. The largest absolute Gasteiger partial charge is 0.252 e. The monoisotopic (exact) mass is 565 g/mol. The molecule has 1 aliphatic carbocycles. The summed E-state index contributed by atoms with van der Waals surface area (Å²) >= 11 is 0. The SMILES string of the molecule is CCCCCC=CC1C(CCCCC)C=CC(CCCCCCCCCOO)C1CCCCCCCCCOO. The van der Waals surface area contributed by atoms with Crippen LogP contribution in [0.25, 0.3) is 0 Å². The van der Waals surface area contributed by atoms with E-state index in [9.17, 15) is 0 Å². The van der Waals surface area contributed by atoms with E-state index in [1.165, 1.54) is 128 Å². The number of hydrogen-bond acceptors (Lipinski definition) is 4. The lowest BCUT2D eigenvalue weighted by molar-refractivity contribution is -0.242. The highest BCUT2D eigenvalue weighted by Crippen LogP contribution is 2.43. The molecule has 40 heavy (non-hydrogen) atoms. The van der Waals surface area contributed by atoms with Crippen LogP contribution in [0.15, 0.2) is 24.3 Å². The first-order valence-electron chi connectivity index (χ1n) is 17.7. The van der Waals surface area contributed by atoms with Gasteiger partial charge in [-0.05, 0) is 68.6 Å². The highest BCUT2D eigenvalue weighted by molar-refractivity contribution is 5.10.